The van der Waals surface area contributed by atoms with E-state index in [0.717, 1.165) is 0 Å². The SMILES string of the molecule is CC(C)(C)/C=C1/[Se]C(=NC2CCCCC2)Nc2ccccc21. The topological polar surface area (TPSA) is 24.4 Å². The van der Waals surface area contributed by atoms with Crippen LogP contribution in [0.5, 0.6) is 0 Å². The summed E-state index contributed by atoms with van der Waals surface area (Å²) >= 11 is 0.291. The van der Waals surface area contributed by atoms with Crippen LogP contribution >= 0.6 is 0 Å². The normalized spacial score (nSPS) is 23.4. The van der Waals surface area contributed by atoms with Gasteiger partial charge in [0.1, 0.15) is 0 Å². The molecule has 0 spiro atoms. The van der Waals surface area contributed by atoms with Gasteiger partial charge in [-0.2, -0.15) is 0 Å². The Morgan fingerprint density at radius 2 is 1.86 bits per heavy atom. The van der Waals surface area contributed by atoms with Crippen molar-refractivity contribution in [2.45, 2.75) is 58.9 Å². The van der Waals surface area contributed by atoms with E-state index < -0.39 is 0 Å². The minimum absolute atomic E-state index is 0.206. The van der Waals surface area contributed by atoms with Gasteiger partial charge in [-0.15, -0.1) is 0 Å². The van der Waals surface area contributed by atoms with Crippen molar-refractivity contribution in [1.82, 2.24) is 0 Å². The Bertz CT molecular complexity index is 590. The zero-order valence-corrected chi connectivity index (χ0v) is 15.6. The minimum atomic E-state index is 0.206. The standard InChI is InChI=1S/C19H26N2Se/c1-19(2,3)13-17-15-11-7-8-12-16(15)21-18(22-17)20-14-9-5-4-6-10-14/h7-8,11-14H,4-6,9-10H2,1-3H3,(H,20,21)/b17-13+. The third-order valence-corrected chi connectivity index (χ3v) is 6.09. The number of rotatable bonds is 1. The van der Waals surface area contributed by atoms with Gasteiger partial charge in [-0.05, 0) is 0 Å². The zero-order valence-electron chi connectivity index (χ0n) is 13.9. The molecule has 2 nitrogen and oxygen atoms in total. The van der Waals surface area contributed by atoms with Crippen molar-refractivity contribution in [1.29, 1.82) is 0 Å². The molecule has 1 aromatic carbocycles. The summed E-state index contributed by atoms with van der Waals surface area (Å²) < 4.78 is 2.69. The Balaban J connectivity index is 1.91. The molecule has 0 unspecified atom stereocenters. The molecule has 3 rings (SSSR count). The number of benzene rings is 1. The van der Waals surface area contributed by atoms with Gasteiger partial charge in [-0.3, -0.25) is 0 Å². The number of anilines is 1. The molecular weight excluding hydrogens is 335 g/mol. The van der Waals surface area contributed by atoms with Crippen molar-refractivity contribution in [3.05, 3.63) is 35.9 Å². The van der Waals surface area contributed by atoms with Crippen molar-refractivity contribution in [3.8, 4) is 0 Å². The fourth-order valence-electron chi connectivity index (χ4n) is 3.04. The van der Waals surface area contributed by atoms with Crippen molar-refractivity contribution in [2.75, 3.05) is 5.32 Å². The molecule has 1 aromatic rings. The quantitative estimate of drug-likeness (QED) is 0.708. The molecule has 1 N–H and O–H groups in total. The number of amidine groups is 1. The average Bonchev–Trinajstić information content (AvgIpc) is 2.47. The van der Waals surface area contributed by atoms with Crippen LogP contribution in [0.4, 0.5) is 5.69 Å². The van der Waals surface area contributed by atoms with E-state index in [4.69, 9.17) is 4.99 Å². The van der Waals surface area contributed by atoms with Gasteiger partial charge >= 0.3 is 140 Å². The van der Waals surface area contributed by atoms with Gasteiger partial charge in [0.2, 0.25) is 0 Å². The van der Waals surface area contributed by atoms with E-state index in [0.29, 0.717) is 21.0 Å². The maximum absolute atomic E-state index is 5.07. The number of para-hydroxylation sites is 1. The van der Waals surface area contributed by atoms with Crippen LogP contribution < -0.4 is 5.32 Å². The molecule has 1 heterocycles. The van der Waals surface area contributed by atoms with Crippen molar-refractivity contribution in [2.24, 2.45) is 10.4 Å². The number of nitrogens with zero attached hydrogens (tertiary/aromatic N) is 1. The summed E-state index contributed by atoms with van der Waals surface area (Å²) in [5, 5.41) is 3.60. The molecule has 3 heteroatoms. The van der Waals surface area contributed by atoms with Crippen LogP contribution in [0.1, 0.15) is 58.4 Å². The van der Waals surface area contributed by atoms with E-state index in [1.807, 2.05) is 0 Å². The summed E-state index contributed by atoms with van der Waals surface area (Å²) in [5.41, 5.74) is 2.79. The van der Waals surface area contributed by atoms with Gasteiger partial charge in [-0.1, -0.05) is 0 Å². The van der Waals surface area contributed by atoms with Gasteiger partial charge < -0.3 is 0 Å². The van der Waals surface area contributed by atoms with E-state index in [2.05, 4.69) is 56.4 Å². The van der Waals surface area contributed by atoms with E-state index in [1.165, 1.54) is 52.6 Å². The summed E-state index contributed by atoms with van der Waals surface area (Å²) in [6, 6.07) is 9.20. The first-order valence-electron chi connectivity index (χ1n) is 8.36. The van der Waals surface area contributed by atoms with E-state index in [9.17, 15) is 0 Å². The second-order valence-corrected chi connectivity index (χ2v) is 9.54. The predicted molar refractivity (Wildman–Crippen MR) is 97.6 cm³/mol. The second kappa shape index (κ2) is 6.60. The van der Waals surface area contributed by atoms with Crippen molar-refractivity contribution < 1.29 is 0 Å². The Morgan fingerprint density at radius 3 is 2.59 bits per heavy atom. The monoisotopic (exact) mass is 362 g/mol. The van der Waals surface area contributed by atoms with Crippen LogP contribution in [0.25, 0.3) is 4.47 Å². The summed E-state index contributed by atoms with van der Waals surface area (Å²) in [7, 11) is 0. The summed E-state index contributed by atoms with van der Waals surface area (Å²) in [6.07, 6.45) is 9.04. The first-order valence-corrected chi connectivity index (χ1v) is 10.1. The Kier molecular flexibility index (Phi) is 4.75. The predicted octanol–water partition coefficient (Wildman–Crippen LogP) is 4.89. The van der Waals surface area contributed by atoms with Crippen molar-refractivity contribution in [3.63, 3.8) is 0 Å². The molecule has 1 saturated carbocycles. The molecule has 0 saturated heterocycles. The number of hydrogen-bond acceptors (Lipinski definition) is 1. The second-order valence-electron chi connectivity index (χ2n) is 7.37. The van der Waals surface area contributed by atoms with Crippen molar-refractivity contribution >= 4 is 29.8 Å². The third kappa shape index (κ3) is 4.02. The molecule has 1 aliphatic heterocycles. The van der Waals surface area contributed by atoms with Gasteiger partial charge in [0.15, 0.2) is 0 Å². The fourth-order valence-corrected chi connectivity index (χ4v) is 5.71. The Hall–Kier alpha value is -1.05. The van der Waals surface area contributed by atoms with Crippen LogP contribution in [0.15, 0.2) is 35.3 Å². The number of nitrogens with one attached hydrogen (secondary N) is 1. The van der Waals surface area contributed by atoms with Crippen LogP contribution in [0.2, 0.25) is 0 Å². The van der Waals surface area contributed by atoms with Crippen LogP contribution in [0.3, 0.4) is 0 Å². The third-order valence-electron chi connectivity index (χ3n) is 4.08. The van der Waals surface area contributed by atoms with E-state index >= 15 is 0 Å². The fraction of sp³-hybridized carbons (Fsp3) is 0.526. The summed E-state index contributed by atoms with van der Waals surface area (Å²) in [5.74, 6) is 0. The van der Waals surface area contributed by atoms with Crippen LogP contribution in [-0.2, 0) is 0 Å². The Labute approximate surface area is 140 Å². The first kappa shape index (κ1) is 15.8. The molecule has 0 radical (unpaired) electrons. The number of aliphatic imine (C=N–C) groups is 1. The van der Waals surface area contributed by atoms with Crippen LogP contribution in [-0.4, -0.2) is 25.7 Å². The average molecular weight is 361 g/mol. The molecule has 0 aromatic heterocycles. The van der Waals surface area contributed by atoms with E-state index in [-0.39, 0.29) is 5.41 Å². The molecule has 2 aliphatic rings. The maximum atomic E-state index is 5.07. The van der Waals surface area contributed by atoms with Gasteiger partial charge in [0, 0.05) is 0 Å². The van der Waals surface area contributed by atoms with Gasteiger partial charge in [-0.25, -0.2) is 0 Å². The first-order chi connectivity index (χ1) is 10.5. The molecule has 1 fully saturated rings. The van der Waals surface area contributed by atoms with E-state index in [1.54, 1.807) is 0 Å². The zero-order chi connectivity index (χ0) is 15.6. The molecule has 0 amide bonds. The molecule has 1 aliphatic carbocycles. The van der Waals surface area contributed by atoms with Crippen LogP contribution in [0, 0.1) is 5.41 Å². The summed E-state index contributed by atoms with van der Waals surface area (Å²) in [6.45, 7) is 6.83. The number of fused-ring (bicyclic) bond motifs is 1. The molecule has 118 valence electrons. The molecular formula is C19H26N2Se. The molecule has 0 bridgehead atoms. The summed E-state index contributed by atoms with van der Waals surface area (Å²) in [4.78, 5) is 5.07. The molecule has 0 atom stereocenters. The Morgan fingerprint density at radius 1 is 1.14 bits per heavy atom. The number of allylic oxidation sites excluding steroid dienone is 1. The van der Waals surface area contributed by atoms with Gasteiger partial charge in [0.25, 0.3) is 0 Å². The number of hydrogen-bond donors (Lipinski definition) is 1. The molecule has 22 heavy (non-hydrogen) atoms. The van der Waals surface area contributed by atoms with Gasteiger partial charge in [0.05, 0.1) is 0 Å².